The molecule has 9 nitrogen and oxygen atoms in total. The highest BCUT2D eigenvalue weighted by molar-refractivity contribution is 5.97. The Morgan fingerprint density at radius 3 is 2.64 bits per heavy atom. The molecule has 1 saturated heterocycles. The highest BCUT2D eigenvalue weighted by Gasteiger charge is 2.69. The number of hydrogen-bond donors (Lipinski definition) is 4. The summed E-state index contributed by atoms with van der Waals surface area (Å²) in [5, 5.41) is 37.0. The Labute approximate surface area is 211 Å². The fourth-order valence-electron chi connectivity index (χ4n) is 6.57. The van der Waals surface area contributed by atoms with Gasteiger partial charge in [0.25, 0.3) is 5.91 Å². The number of phenols is 1. The number of aromatic hydroxyl groups is 1. The molecule has 2 heterocycles. The van der Waals surface area contributed by atoms with Gasteiger partial charge in [0.05, 0.1) is 23.7 Å². The van der Waals surface area contributed by atoms with E-state index in [1.807, 2.05) is 6.07 Å². The largest absolute Gasteiger partial charge is 0.508 e. The molecule has 9 heteroatoms. The molecule has 0 aromatic heterocycles. The van der Waals surface area contributed by atoms with E-state index in [4.69, 9.17) is 9.47 Å². The number of fused-ring (bicyclic) bond motifs is 1. The number of aliphatic hydroxyl groups is 2. The first-order chi connectivity index (χ1) is 16.8. The number of piperidine rings is 1. The zero-order valence-electron chi connectivity index (χ0n) is 21.6. The van der Waals surface area contributed by atoms with E-state index in [0.717, 1.165) is 17.7 Å². The van der Waals surface area contributed by atoms with Crippen molar-refractivity contribution in [3.05, 3.63) is 34.6 Å². The number of rotatable bonds is 6. The van der Waals surface area contributed by atoms with E-state index in [1.165, 1.54) is 40.7 Å². The normalized spacial score (nSPS) is 31.7. The molecule has 1 spiro atoms. The number of phenolic OH excluding ortho intramolecular Hbond substituents is 1. The van der Waals surface area contributed by atoms with Gasteiger partial charge in [0.1, 0.15) is 11.3 Å². The minimum Gasteiger partial charge on any atom is -0.508 e. The summed E-state index contributed by atoms with van der Waals surface area (Å²) in [6.07, 6.45) is 2.43. The fraction of sp³-hybridized carbons (Fsp3) is 0.630. The lowest BCUT2D eigenvalue weighted by molar-refractivity contribution is -0.153. The highest BCUT2D eigenvalue weighted by Crippen LogP contribution is 2.63. The average Bonchev–Trinajstić information content (AvgIpc) is 3.56. The van der Waals surface area contributed by atoms with Crippen molar-refractivity contribution in [1.82, 2.24) is 10.2 Å². The minimum absolute atomic E-state index is 0.0291. The molecular weight excluding hydrogens is 464 g/mol. The van der Waals surface area contributed by atoms with E-state index in [0.29, 0.717) is 25.3 Å². The predicted octanol–water partition coefficient (Wildman–Crippen LogP) is 2.08. The third-order valence-electron chi connectivity index (χ3n) is 8.84. The molecule has 2 fully saturated rings. The molecule has 1 saturated carbocycles. The second-order valence-corrected chi connectivity index (χ2v) is 11.6. The Morgan fingerprint density at radius 1 is 1.31 bits per heavy atom. The molecule has 4 N–H and O–H groups in total. The van der Waals surface area contributed by atoms with E-state index < -0.39 is 34.5 Å². The first-order valence-electron chi connectivity index (χ1n) is 12.6. The van der Waals surface area contributed by atoms with Crippen molar-refractivity contribution < 1.29 is 34.4 Å². The Morgan fingerprint density at radius 2 is 2.00 bits per heavy atom. The standard InChI is InChI=1S/C27H36N2O7/c1-14(23(32)28-25(2,3)24(33)35-5)20(31)22-27-10-11-29(13-15-6-7-15)18(26(27,4)34)12-16-8-9-17(30)21(36-22)19(16)27/h8-9,15,18,22,30-31,34H,6-7,10-13H2,1-5H3,(H,28,32)/b20-14-/t18-,22+,26-,27+/m1/s1. The quantitative estimate of drug-likeness (QED) is 0.266. The summed E-state index contributed by atoms with van der Waals surface area (Å²) < 4.78 is 11.0. The van der Waals surface area contributed by atoms with Crippen molar-refractivity contribution in [2.75, 3.05) is 20.2 Å². The molecule has 4 atom stereocenters. The van der Waals surface area contributed by atoms with Crippen LogP contribution < -0.4 is 10.1 Å². The molecule has 2 aliphatic carbocycles. The van der Waals surface area contributed by atoms with Crippen molar-refractivity contribution in [1.29, 1.82) is 0 Å². The van der Waals surface area contributed by atoms with Crippen LogP contribution in [0.15, 0.2) is 23.5 Å². The van der Waals surface area contributed by atoms with Crippen LogP contribution in [0.2, 0.25) is 0 Å². The molecule has 0 unspecified atom stereocenters. The van der Waals surface area contributed by atoms with Gasteiger partial charge in [-0.25, -0.2) is 4.79 Å². The van der Waals surface area contributed by atoms with Gasteiger partial charge in [-0.15, -0.1) is 0 Å². The molecule has 36 heavy (non-hydrogen) atoms. The Hall–Kier alpha value is -2.78. The first kappa shape index (κ1) is 24.9. The van der Waals surface area contributed by atoms with Gasteiger partial charge in [0.15, 0.2) is 17.6 Å². The number of likely N-dealkylation sites (tertiary alicyclic amines) is 1. The van der Waals surface area contributed by atoms with Crippen LogP contribution >= 0.6 is 0 Å². The van der Waals surface area contributed by atoms with Crippen molar-refractivity contribution in [3.8, 4) is 11.5 Å². The molecule has 196 valence electrons. The van der Waals surface area contributed by atoms with Gasteiger partial charge < -0.3 is 30.1 Å². The van der Waals surface area contributed by atoms with Crippen molar-refractivity contribution in [2.24, 2.45) is 5.92 Å². The summed E-state index contributed by atoms with van der Waals surface area (Å²) >= 11 is 0. The van der Waals surface area contributed by atoms with Crippen LogP contribution in [0.25, 0.3) is 0 Å². The number of hydrogen-bond acceptors (Lipinski definition) is 8. The molecule has 1 aromatic carbocycles. The lowest BCUT2D eigenvalue weighted by Gasteiger charge is -2.59. The van der Waals surface area contributed by atoms with Gasteiger partial charge in [-0.05, 0) is 77.5 Å². The molecule has 1 aromatic rings. The van der Waals surface area contributed by atoms with Crippen LogP contribution in [-0.4, -0.2) is 75.6 Å². The lowest BCUT2D eigenvalue weighted by Crippen LogP contribution is -2.73. The third-order valence-corrected chi connectivity index (χ3v) is 8.84. The van der Waals surface area contributed by atoms with Gasteiger partial charge in [0, 0.05) is 18.2 Å². The number of carbonyl (C=O) groups is 2. The minimum atomic E-state index is -1.31. The van der Waals surface area contributed by atoms with Gasteiger partial charge in [-0.2, -0.15) is 0 Å². The van der Waals surface area contributed by atoms with Gasteiger partial charge in [0.2, 0.25) is 0 Å². The van der Waals surface area contributed by atoms with Gasteiger partial charge in [-0.1, -0.05) is 6.07 Å². The van der Waals surface area contributed by atoms with E-state index in [9.17, 15) is 24.9 Å². The summed E-state index contributed by atoms with van der Waals surface area (Å²) in [7, 11) is 1.24. The Kier molecular flexibility index (Phi) is 5.61. The summed E-state index contributed by atoms with van der Waals surface area (Å²) in [6, 6.07) is 3.27. The topological polar surface area (TPSA) is 129 Å². The highest BCUT2D eigenvalue weighted by atomic mass is 16.5. The number of nitrogens with one attached hydrogen (secondary N) is 1. The van der Waals surface area contributed by atoms with E-state index >= 15 is 0 Å². The average molecular weight is 501 g/mol. The summed E-state index contributed by atoms with van der Waals surface area (Å²) in [5.41, 5.74) is -2.00. The number of carbonyl (C=O) groups excluding carboxylic acids is 2. The predicted molar refractivity (Wildman–Crippen MR) is 131 cm³/mol. The first-order valence-corrected chi connectivity index (χ1v) is 12.6. The second-order valence-electron chi connectivity index (χ2n) is 11.6. The van der Waals surface area contributed by atoms with Crippen molar-refractivity contribution in [2.45, 2.75) is 82.1 Å². The molecule has 2 aliphatic heterocycles. The number of aliphatic hydroxyl groups excluding tert-OH is 1. The van der Waals surface area contributed by atoms with Gasteiger partial charge >= 0.3 is 5.97 Å². The van der Waals surface area contributed by atoms with Crippen LogP contribution in [0, 0.1) is 5.92 Å². The summed E-state index contributed by atoms with van der Waals surface area (Å²) in [4.78, 5) is 27.5. The molecule has 0 radical (unpaired) electrons. The second kappa shape index (κ2) is 8.11. The summed E-state index contributed by atoms with van der Waals surface area (Å²) in [5.74, 6) is -0.761. The maximum atomic E-state index is 13.1. The molecular formula is C27H36N2O7. The smallest absolute Gasteiger partial charge is 0.330 e. The molecule has 5 rings (SSSR count). The van der Waals surface area contributed by atoms with Gasteiger partial charge in [-0.3, -0.25) is 9.69 Å². The van der Waals surface area contributed by atoms with E-state index in [-0.39, 0.29) is 28.9 Å². The number of esters is 1. The fourth-order valence-corrected chi connectivity index (χ4v) is 6.57. The third kappa shape index (κ3) is 3.43. The van der Waals surface area contributed by atoms with Crippen LogP contribution in [-0.2, 0) is 26.2 Å². The number of benzene rings is 1. The number of amides is 1. The Bertz CT molecular complexity index is 1150. The SMILES string of the molecule is COC(=O)C(C)(C)NC(=O)/C(C)=C(\O)[C@@H]1Oc2c(O)ccc3c2[C@@]12CCN(CC1CC1)[C@H](C3)[C@@]2(C)O. The van der Waals surface area contributed by atoms with Crippen LogP contribution in [0.3, 0.4) is 0 Å². The lowest BCUT2D eigenvalue weighted by atomic mass is 9.53. The molecule has 2 bridgehead atoms. The van der Waals surface area contributed by atoms with E-state index in [2.05, 4.69) is 10.2 Å². The number of ether oxygens (including phenoxy) is 2. The molecule has 1 amide bonds. The van der Waals surface area contributed by atoms with Crippen LogP contribution in [0.5, 0.6) is 11.5 Å². The monoisotopic (exact) mass is 500 g/mol. The van der Waals surface area contributed by atoms with E-state index in [1.54, 1.807) is 13.0 Å². The molecule has 4 aliphatic rings. The van der Waals surface area contributed by atoms with Crippen LogP contribution in [0.4, 0.5) is 0 Å². The van der Waals surface area contributed by atoms with Crippen LogP contribution in [0.1, 0.15) is 58.1 Å². The number of nitrogens with zero attached hydrogens (tertiary/aromatic N) is 1. The maximum absolute atomic E-state index is 13.1. The van der Waals surface area contributed by atoms with Crippen molar-refractivity contribution >= 4 is 11.9 Å². The summed E-state index contributed by atoms with van der Waals surface area (Å²) in [6.45, 7) is 7.90. The zero-order valence-corrected chi connectivity index (χ0v) is 21.6. The Balaban J connectivity index is 1.57. The zero-order chi connectivity index (χ0) is 26.2. The number of methoxy groups -OCH3 is 1. The van der Waals surface area contributed by atoms with Crippen molar-refractivity contribution in [3.63, 3.8) is 0 Å². The maximum Gasteiger partial charge on any atom is 0.330 e.